The molecule has 0 spiro atoms. The third-order valence-corrected chi connectivity index (χ3v) is 4.26. The van der Waals surface area contributed by atoms with Gasteiger partial charge >= 0.3 is 0 Å². The molecule has 0 aromatic carbocycles. The first-order chi connectivity index (χ1) is 8.74. The minimum atomic E-state index is 0.386. The molecule has 0 bridgehead atoms. The molecule has 1 saturated carbocycles. The summed E-state index contributed by atoms with van der Waals surface area (Å²) in [5, 5.41) is 3.63. The van der Waals surface area contributed by atoms with E-state index in [1.165, 1.54) is 32.1 Å². The molecule has 1 aliphatic carbocycles. The normalized spacial score (nSPS) is 25.8. The summed E-state index contributed by atoms with van der Waals surface area (Å²) in [6.45, 7) is 7.45. The topological polar surface area (TPSA) is 32.3 Å². The lowest BCUT2D eigenvalue weighted by atomic mass is 10.0. The maximum atomic E-state index is 12.0. The second-order valence-electron chi connectivity index (χ2n) is 6.06. The van der Waals surface area contributed by atoms with Crippen molar-refractivity contribution in [3.63, 3.8) is 0 Å². The summed E-state index contributed by atoms with van der Waals surface area (Å²) in [5.41, 5.74) is 0. The lowest BCUT2D eigenvalue weighted by Crippen LogP contribution is -2.43. The van der Waals surface area contributed by atoms with Crippen molar-refractivity contribution >= 4 is 5.91 Å². The number of hydrogen-bond donors (Lipinski definition) is 1. The van der Waals surface area contributed by atoms with Crippen LogP contribution < -0.4 is 5.32 Å². The Bertz CT molecular complexity index is 276. The average molecular weight is 252 g/mol. The van der Waals surface area contributed by atoms with Crippen molar-refractivity contribution in [3.8, 4) is 0 Å². The second kappa shape index (κ2) is 6.55. The fraction of sp³-hybridized carbons (Fsp3) is 0.933. The van der Waals surface area contributed by atoms with Crippen LogP contribution in [-0.2, 0) is 4.79 Å². The van der Waals surface area contributed by atoms with Gasteiger partial charge < -0.3 is 10.2 Å². The maximum absolute atomic E-state index is 12.0. The Balaban J connectivity index is 1.81. The largest absolute Gasteiger partial charge is 0.341 e. The van der Waals surface area contributed by atoms with E-state index in [9.17, 15) is 4.79 Å². The molecule has 3 heteroatoms. The van der Waals surface area contributed by atoms with Crippen molar-refractivity contribution in [3.05, 3.63) is 0 Å². The van der Waals surface area contributed by atoms with Gasteiger partial charge in [0.2, 0.25) is 5.91 Å². The zero-order valence-electron chi connectivity index (χ0n) is 12.0. The summed E-state index contributed by atoms with van der Waals surface area (Å²) in [4.78, 5) is 14.1. The average Bonchev–Trinajstić information content (AvgIpc) is 3.12. The highest BCUT2D eigenvalue weighted by Gasteiger charge is 2.36. The maximum Gasteiger partial charge on any atom is 0.222 e. The molecule has 2 rings (SSSR count). The molecule has 104 valence electrons. The minimum Gasteiger partial charge on any atom is -0.341 e. The highest BCUT2D eigenvalue weighted by molar-refractivity contribution is 5.78. The van der Waals surface area contributed by atoms with Gasteiger partial charge in [0.15, 0.2) is 0 Å². The van der Waals surface area contributed by atoms with Crippen LogP contribution in [0.2, 0.25) is 0 Å². The number of carbonyl (C=O) groups is 1. The Morgan fingerprint density at radius 3 is 2.72 bits per heavy atom. The molecule has 18 heavy (non-hydrogen) atoms. The second-order valence-corrected chi connectivity index (χ2v) is 6.06. The van der Waals surface area contributed by atoms with Crippen LogP contribution in [0, 0.1) is 11.8 Å². The molecule has 1 saturated heterocycles. The van der Waals surface area contributed by atoms with Crippen LogP contribution in [0.1, 0.15) is 52.4 Å². The van der Waals surface area contributed by atoms with E-state index in [1.54, 1.807) is 0 Å². The third kappa shape index (κ3) is 3.71. The number of carbonyl (C=O) groups excluding carboxylic acids is 1. The first kappa shape index (κ1) is 13.9. The van der Waals surface area contributed by atoms with Crippen LogP contribution in [0.5, 0.6) is 0 Å². The highest BCUT2D eigenvalue weighted by Crippen LogP contribution is 2.34. The van der Waals surface area contributed by atoms with Crippen molar-refractivity contribution < 1.29 is 4.79 Å². The summed E-state index contributed by atoms with van der Waals surface area (Å²) in [5.74, 6) is 1.83. The molecule has 0 aromatic heterocycles. The highest BCUT2D eigenvalue weighted by atomic mass is 16.2. The molecule has 0 radical (unpaired) electrons. The van der Waals surface area contributed by atoms with Crippen LogP contribution in [-0.4, -0.2) is 36.5 Å². The van der Waals surface area contributed by atoms with Gasteiger partial charge in [0.1, 0.15) is 0 Å². The first-order valence-corrected chi connectivity index (χ1v) is 7.75. The van der Waals surface area contributed by atoms with E-state index in [4.69, 9.17) is 0 Å². The number of likely N-dealkylation sites (tertiary alicyclic amines) is 1. The molecular weight excluding hydrogens is 224 g/mol. The molecule has 2 atom stereocenters. The summed E-state index contributed by atoms with van der Waals surface area (Å²) in [7, 11) is 0. The van der Waals surface area contributed by atoms with Crippen LogP contribution in [0.15, 0.2) is 0 Å². The monoisotopic (exact) mass is 252 g/mol. The van der Waals surface area contributed by atoms with E-state index in [0.717, 1.165) is 32.0 Å². The van der Waals surface area contributed by atoms with Gasteiger partial charge in [-0.1, -0.05) is 20.3 Å². The molecule has 2 unspecified atom stereocenters. The Kier molecular flexibility index (Phi) is 5.04. The summed E-state index contributed by atoms with van der Waals surface area (Å²) >= 11 is 0. The smallest absolute Gasteiger partial charge is 0.222 e. The molecule has 3 nitrogen and oxygen atoms in total. The zero-order chi connectivity index (χ0) is 13.0. The predicted octanol–water partition coefficient (Wildman–Crippen LogP) is 2.41. The van der Waals surface area contributed by atoms with E-state index in [2.05, 4.69) is 24.1 Å². The predicted molar refractivity (Wildman–Crippen MR) is 74.4 cm³/mol. The van der Waals surface area contributed by atoms with E-state index in [1.807, 2.05) is 0 Å². The van der Waals surface area contributed by atoms with Gasteiger partial charge in [0, 0.05) is 25.6 Å². The number of rotatable bonds is 8. The molecule has 2 aliphatic rings. The van der Waals surface area contributed by atoms with Crippen LogP contribution in [0.3, 0.4) is 0 Å². The summed E-state index contributed by atoms with van der Waals surface area (Å²) in [6, 6.07) is 0.550. The van der Waals surface area contributed by atoms with Crippen molar-refractivity contribution in [2.24, 2.45) is 11.8 Å². The summed E-state index contributed by atoms with van der Waals surface area (Å²) in [6.07, 6.45) is 7.07. The number of amides is 1. The number of nitrogens with one attached hydrogen (secondary N) is 1. The van der Waals surface area contributed by atoms with Gasteiger partial charge in [-0.3, -0.25) is 4.79 Å². The van der Waals surface area contributed by atoms with Gasteiger partial charge in [-0.15, -0.1) is 0 Å². The molecule has 0 aromatic rings. The van der Waals surface area contributed by atoms with E-state index >= 15 is 0 Å². The lowest BCUT2D eigenvalue weighted by Gasteiger charge is -2.25. The molecule has 1 heterocycles. The Hall–Kier alpha value is -0.570. The molecule has 1 amide bonds. The molecule has 1 N–H and O–H groups in total. The van der Waals surface area contributed by atoms with Crippen molar-refractivity contribution in [2.75, 3.05) is 19.6 Å². The Labute approximate surface area is 111 Å². The lowest BCUT2D eigenvalue weighted by molar-refractivity contribution is -0.128. The number of hydrogen-bond acceptors (Lipinski definition) is 2. The zero-order valence-corrected chi connectivity index (χ0v) is 12.0. The summed E-state index contributed by atoms with van der Waals surface area (Å²) < 4.78 is 0. The first-order valence-electron chi connectivity index (χ1n) is 7.75. The Morgan fingerprint density at radius 1 is 1.33 bits per heavy atom. The van der Waals surface area contributed by atoms with Gasteiger partial charge in [0.05, 0.1) is 0 Å². The van der Waals surface area contributed by atoms with E-state index in [0.29, 0.717) is 17.9 Å². The molecular formula is C15H28N2O. The van der Waals surface area contributed by atoms with Crippen LogP contribution in [0.25, 0.3) is 0 Å². The third-order valence-electron chi connectivity index (χ3n) is 4.26. The minimum absolute atomic E-state index is 0.386. The van der Waals surface area contributed by atoms with Crippen LogP contribution >= 0.6 is 0 Å². The van der Waals surface area contributed by atoms with Gasteiger partial charge in [-0.25, -0.2) is 0 Å². The van der Waals surface area contributed by atoms with Crippen LogP contribution in [0.4, 0.5) is 0 Å². The quantitative estimate of drug-likeness (QED) is 0.719. The standard InChI is InChI=1S/C15H28N2O/c1-3-5-12-9-15(18)17(10-12)11-14(13-6-7-13)16-8-4-2/h12-14,16H,3-11H2,1-2H3. The van der Waals surface area contributed by atoms with Gasteiger partial charge in [-0.2, -0.15) is 0 Å². The van der Waals surface area contributed by atoms with Gasteiger partial charge in [-0.05, 0) is 44.1 Å². The number of nitrogens with zero attached hydrogens (tertiary/aromatic N) is 1. The Morgan fingerprint density at radius 2 is 2.11 bits per heavy atom. The van der Waals surface area contributed by atoms with Gasteiger partial charge in [0.25, 0.3) is 0 Å². The SMILES string of the molecule is CCCNC(CN1CC(CCC)CC1=O)C1CC1. The molecule has 2 fully saturated rings. The van der Waals surface area contributed by atoms with E-state index < -0.39 is 0 Å². The fourth-order valence-corrected chi connectivity index (χ4v) is 3.08. The fourth-order valence-electron chi connectivity index (χ4n) is 3.08. The van der Waals surface area contributed by atoms with Crippen molar-refractivity contribution in [1.82, 2.24) is 10.2 Å². The van der Waals surface area contributed by atoms with E-state index in [-0.39, 0.29) is 0 Å². The van der Waals surface area contributed by atoms with Crippen molar-refractivity contribution in [1.29, 1.82) is 0 Å². The molecule has 1 aliphatic heterocycles. The van der Waals surface area contributed by atoms with Crippen molar-refractivity contribution in [2.45, 2.75) is 58.4 Å².